The Labute approximate surface area is 653 Å². The van der Waals surface area contributed by atoms with E-state index in [0.717, 1.165) is 55.8 Å². The Bertz CT molecular complexity index is 6890. The van der Waals surface area contributed by atoms with Gasteiger partial charge in [0.2, 0.25) is 28.5 Å². The molecule has 552 valence electrons. The van der Waals surface area contributed by atoms with E-state index in [1.165, 1.54) is 166 Å². The van der Waals surface area contributed by atoms with Crippen LogP contribution in [0.3, 0.4) is 0 Å². The average molecular weight is 1470 g/mol. The van der Waals surface area contributed by atoms with Gasteiger partial charge in [-0.25, -0.2) is 22.8 Å². The van der Waals surface area contributed by atoms with E-state index in [9.17, 15) is 0 Å². The van der Waals surface area contributed by atoms with Crippen molar-refractivity contribution < 1.29 is 44.9 Å². The number of aryl methyl sites for hydroxylation is 14. The molecule has 112 heavy (non-hydrogen) atoms. The summed E-state index contributed by atoms with van der Waals surface area (Å²) in [7, 11) is 10.4. The third kappa shape index (κ3) is 13.5. The smallest absolute Gasteiger partial charge is 0.216 e. The van der Waals surface area contributed by atoms with Gasteiger partial charge in [0.1, 0.15) is 91.1 Å². The average Bonchev–Trinajstić information content (AvgIpc) is 1.65. The summed E-state index contributed by atoms with van der Waals surface area (Å²) in [5.74, 6) is 0.500. The molecular weight excluding hydrogens is 1380 g/mol. The number of rotatable bonds is 6. The minimum Gasteiger partial charge on any atom is -0.455 e. The number of hydrogen-bond acceptors (Lipinski definition) is 5. The molecule has 10 aromatic heterocycles. The third-order valence-corrected chi connectivity index (χ3v) is 22.3. The summed E-state index contributed by atoms with van der Waals surface area (Å²) in [5.41, 5.74) is 34.0. The molecule has 0 fully saturated rings. The van der Waals surface area contributed by atoms with Crippen molar-refractivity contribution in [2.24, 2.45) is 35.2 Å². The molecule has 10 nitrogen and oxygen atoms in total. The molecule has 0 amide bonds. The molecule has 0 spiro atoms. The number of benzene rings is 10. The van der Waals surface area contributed by atoms with Gasteiger partial charge in [-0.15, -0.1) is 0 Å². The first-order chi connectivity index (χ1) is 54.2. The summed E-state index contributed by atoms with van der Waals surface area (Å²) < 4.78 is 41.9. The van der Waals surface area contributed by atoms with Gasteiger partial charge in [-0.1, -0.05) is 166 Å². The van der Waals surface area contributed by atoms with Crippen LogP contribution in [-0.2, 0) is 35.2 Å². The maximum Gasteiger partial charge on any atom is 0.216 e. The fourth-order valence-electron chi connectivity index (χ4n) is 16.1. The zero-order valence-corrected chi connectivity index (χ0v) is 66.8. The quantitative estimate of drug-likeness (QED) is 0.155. The van der Waals surface area contributed by atoms with Gasteiger partial charge in [-0.2, -0.15) is 0 Å². The maximum atomic E-state index is 6.26. The molecule has 0 aliphatic rings. The van der Waals surface area contributed by atoms with Crippen molar-refractivity contribution in [2.45, 2.75) is 82.1 Å². The van der Waals surface area contributed by atoms with Gasteiger partial charge in [-0.05, 0) is 156 Å². The van der Waals surface area contributed by atoms with Crippen LogP contribution in [0.2, 0.25) is 0 Å². The Morgan fingerprint density at radius 2 is 0.509 bits per heavy atom. The fraction of sp³-hybridized carbons (Fsp3) is 0.167. The van der Waals surface area contributed by atoms with Crippen LogP contribution in [0.1, 0.15) is 75.4 Å². The molecule has 20 aromatic rings. The first kappa shape index (κ1) is 73.1. The highest BCUT2D eigenvalue weighted by Gasteiger charge is 2.27. The zero-order valence-electron chi connectivity index (χ0n) is 66.8. The summed E-state index contributed by atoms with van der Waals surface area (Å²) in [6.45, 7) is 23.7. The molecule has 0 N–H and O–H groups in total. The number of pyridine rings is 5. The van der Waals surface area contributed by atoms with E-state index in [-0.39, 0.29) is 0 Å². The predicted octanol–water partition coefficient (Wildman–Crippen LogP) is 24.3. The van der Waals surface area contributed by atoms with Crippen LogP contribution in [0, 0.1) is 62.3 Å². The number of para-hydroxylation sites is 5. The summed E-state index contributed by atoms with van der Waals surface area (Å²) in [6, 6.07) is 84.5. The van der Waals surface area contributed by atoms with Crippen molar-refractivity contribution in [2.75, 3.05) is 0 Å². The number of furan rings is 5. The Hall–Kier alpha value is -13.1. The zero-order chi connectivity index (χ0) is 77.9. The molecule has 0 unspecified atom stereocenters. The summed E-state index contributed by atoms with van der Waals surface area (Å²) in [4.78, 5) is 0. The first-order valence-corrected chi connectivity index (χ1v) is 38.6. The molecule has 0 radical (unpaired) electrons. The van der Waals surface area contributed by atoms with Gasteiger partial charge in [0.15, 0.2) is 31.0 Å². The molecule has 10 heterocycles. The fourth-order valence-corrected chi connectivity index (χ4v) is 16.1. The Balaban J connectivity index is 0.000000106. The molecule has 0 aliphatic heterocycles. The van der Waals surface area contributed by atoms with E-state index >= 15 is 0 Å². The second kappa shape index (κ2) is 30.1. The topological polar surface area (TPSA) is 85.1 Å². The predicted molar refractivity (Wildman–Crippen MR) is 458 cm³/mol. The van der Waals surface area contributed by atoms with Gasteiger partial charge in [0, 0.05) is 113 Å². The van der Waals surface area contributed by atoms with E-state index in [4.69, 9.17) is 22.1 Å². The summed E-state index contributed by atoms with van der Waals surface area (Å²) in [5, 5.41) is 11.8. The van der Waals surface area contributed by atoms with Crippen LogP contribution in [0.25, 0.3) is 166 Å². The van der Waals surface area contributed by atoms with Crippen LogP contribution in [0.5, 0.6) is 0 Å². The van der Waals surface area contributed by atoms with E-state index < -0.39 is 0 Å². The van der Waals surface area contributed by atoms with Crippen molar-refractivity contribution in [3.05, 3.63) is 329 Å². The molecular formula is C102H94N5O5+5. The number of nitrogens with zero attached hydrogens (tertiary/aromatic N) is 5. The number of fused-ring (bicyclic) bond motifs is 15. The van der Waals surface area contributed by atoms with E-state index in [1.807, 2.05) is 66.7 Å². The van der Waals surface area contributed by atoms with Crippen molar-refractivity contribution in [3.8, 4) is 56.3 Å². The van der Waals surface area contributed by atoms with Gasteiger partial charge < -0.3 is 22.1 Å². The van der Waals surface area contributed by atoms with Gasteiger partial charge in [-0.3, -0.25) is 0 Å². The lowest BCUT2D eigenvalue weighted by molar-refractivity contribution is -0.660. The second-order valence-electron chi connectivity index (χ2n) is 30.5. The van der Waals surface area contributed by atoms with Crippen LogP contribution >= 0.6 is 0 Å². The van der Waals surface area contributed by atoms with Crippen LogP contribution in [-0.4, -0.2) is 0 Å². The molecule has 0 saturated carbocycles. The second-order valence-corrected chi connectivity index (χ2v) is 30.5. The van der Waals surface area contributed by atoms with Crippen molar-refractivity contribution in [3.63, 3.8) is 0 Å². The van der Waals surface area contributed by atoms with E-state index in [2.05, 4.69) is 341 Å². The van der Waals surface area contributed by atoms with Crippen LogP contribution < -0.4 is 22.8 Å². The van der Waals surface area contributed by atoms with E-state index in [1.54, 1.807) is 0 Å². The first-order valence-electron chi connectivity index (χ1n) is 38.6. The normalized spacial score (nSPS) is 11.5. The lowest BCUT2D eigenvalue weighted by Gasteiger charge is -2.09. The largest absolute Gasteiger partial charge is 0.455 e. The van der Waals surface area contributed by atoms with Crippen LogP contribution in [0.15, 0.2) is 296 Å². The highest BCUT2D eigenvalue weighted by atomic mass is 16.3. The summed E-state index contributed by atoms with van der Waals surface area (Å²) >= 11 is 0. The van der Waals surface area contributed by atoms with Gasteiger partial charge in [0.05, 0.1) is 27.8 Å². The Kier molecular flexibility index (Phi) is 19.6. The Morgan fingerprint density at radius 3 is 0.830 bits per heavy atom. The van der Waals surface area contributed by atoms with Crippen molar-refractivity contribution in [1.82, 2.24) is 0 Å². The minimum absolute atomic E-state index is 0.500. The highest BCUT2D eigenvalue weighted by molar-refractivity contribution is 6.14. The molecule has 10 heteroatoms. The lowest BCUT2D eigenvalue weighted by Crippen LogP contribution is -2.31. The molecule has 0 saturated heterocycles. The van der Waals surface area contributed by atoms with Crippen LogP contribution in [0.4, 0.5) is 0 Å². The third-order valence-electron chi connectivity index (χ3n) is 22.3. The SMILES string of the molecule is Cc1cc(-c2c(C)ccc3c2oc2ccccc23)[n+](C)cc1C.Cc1ccc(-c2c(C)ccc3c2oc2ccccc23)[n+](C)c1.Cc1ccc(-c2c(C)ccc3c2oc2ccccc23)[n+](C)c1.Cc1ccc2c(oc3ccccc32)c1-c1cc(C(C)C)cc[n+]1C.Cc1ccc2c(oc3ccccc32)c1-c1cccc[n+]1C. The molecule has 20 rings (SSSR count). The lowest BCUT2D eigenvalue weighted by atomic mass is 9.97. The highest BCUT2D eigenvalue weighted by Crippen LogP contribution is 2.43. The molecule has 0 atom stereocenters. The molecule has 0 bridgehead atoms. The monoisotopic (exact) mass is 1470 g/mol. The van der Waals surface area contributed by atoms with E-state index in [0.29, 0.717) is 5.92 Å². The molecule has 10 aromatic carbocycles. The number of hydrogen-bond donors (Lipinski definition) is 0. The van der Waals surface area contributed by atoms with Gasteiger partial charge in [0.25, 0.3) is 0 Å². The summed E-state index contributed by atoms with van der Waals surface area (Å²) in [6.07, 6.45) is 10.7. The maximum absolute atomic E-state index is 6.26. The van der Waals surface area contributed by atoms with Gasteiger partial charge >= 0.3 is 0 Å². The number of aromatic nitrogens is 5. The standard InChI is InChI=1S/C22H22NO.C21H20NO.2C20H18NO.C19H16NO/c1-14(2)16-11-12-23(4)19(13-16)21-15(3)9-10-18-17-7-5-6-8-20(17)24-22(18)21;1-13-9-10-17-16-7-5-6-8-19(16)23-21(17)20(13)18-11-14(2)15(3)12-22(18)4;2*1-13-8-11-17(21(3)12-13)19-14(2)9-10-16-15-6-4-5-7-18(15)22-20(16)19;1-13-10-11-15-14-7-3-4-9-17(14)21-19(15)18(13)16-8-5-6-12-20(16)2/h5-14H,1-4H3;5-12H,1-4H3;2*4-12H,1-3H3;3-12H,1-2H3/q5*+1. The van der Waals surface area contributed by atoms with Crippen molar-refractivity contribution >= 4 is 110 Å². The minimum atomic E-state index is 0.500. The Morgan fingerprint density at radius 1 is 0.223 bits per heavy atom. The molecule has 0 aliphatic carbocycles. The van der Waals surface area contributed by atoms with Crippen molar-refractivity contribution in [1.29, 1.82) is 0 Å².